The second-order valence-electron chi connectivity index (χ2n) is 5.64. The van der Waals surface area contributed by atoms with Crippen LogP contribution in [0.15, 0.2) is 60.7 Å². The lowest BCUT2D eigenvalue weighted by Gasteiger charge is -2.20. The van der Waals surface area contributed by atoms with Gasteiger partial charge >= 0.3 is 5.97 Å². The summed E-state index contributed by atoms with van der Waals surface area (Å²) >= 11 is 0. The van der Waals surface area contributed by atoms with Gasteiger partial charge in [0.05, 0.1) is 24.7 Å². The molecule has 132 valence electrons. The SMILES string of the molecule is COC(=O)CCN(C(=O)C=Cc1n[nH]c2ccccc12)c1ccccc1. The number of rotatable bonds is 6. The summed E-state index contributed by atoms with van der Waals surface area (Å²) in [6, 6.07) is 16.9. The first kappa shape index (κ1) is 17.4. The first-order chi connectivity index (χ1) is 12.7. The van der Waals surface area contributed by atoms with E-state index in [1.165, 1.54) is 13.2 Å². The molecule has 6 nitrogen and oxygen atoms in total. The molecule has 0 fully saturated rings. The molecule has 1 N–H and O–H groups in total. The number of nitrogens with one attached hydrogen (secondary N) is 1. The normalized spacial score (nSPS) is 11.0. The zero-order chi connectivity index (χ0) is 18.4. The Hall–Kier alpha value is -3.41. The van der Waals surface area contributed by atoms with Gasteiger partial charge in [0.25, 0.3) is 5.91 Å². The molecule has 26 heavy (non-hydrogen) atoms. The maximum atomic E-state index is 12.7. The van der Waals surface area contributed by atoms with Gasteiger partial charge in [-0.2, -0.15) is 5.10 Å². The number of H-pyrrole nitrogens is 1. The third-order valence-electron chi connectivity index (χ3n) is 3.98. The summed E-state index contributed by atoms with van der Waals surface area (Å²) in [4.78, 5) is 25.7. The molecular weight excluding hydrogens is 330 g/mol. The number of hydrogen-bond acceptors (Lipinski definition) is 4. The molecule has 2 aromatic carbocycles. The smallest absolute Gasteiger partial charge is 0.307 e. The highest BCUT2D eigenvalue weighted by Crippen LogP contribution is 2.18. The van der Waals surface area contributed by atoms with Crippen molar-refractivity contribution in [2.24, 2.45) is 0 Å². The van der Waals surface area contributed by atoms with Crippen molar-refractivity contribution in [3.8, 4) is 0 Å². The van der Waals surface area contributed by atoms with Crippen LogP contribution >= 0.6 is 0 Å². The lowest BCUT2D eigenvalue weighted by Crippen LogP contribution is -2.31. The summed E-state index contributed by atoms with van der Waals surface area (Å²) in [6.45, 7) is 0.237. The lowest BCUT2D eigenvalue weighted by atomic mass is 10.2. The maximum absolute atomic E-state index is 12.7. The van der Waals surface area contributed by atoms with Crippen LogP contribution in [0.1, 0.15) is 12.1 Å². The number of nitrogens with zero attached hydrogens (tertiary/aromatic N) is 2. The zero-order valence-electron chi connectivity index (χ0n) is 14.4. The van der Waals surface area contributed by atoms with Gasteiger partial charge in [-0.25, -0.2) is 0 Å². The van der Waals surface area contributed by atoms with Crippen LogP contribution in [0.5, 0.6) is 0 Å². The molecule has 0 spiro atoms. The van der Waals surface area contributed by atoms with Crippen LogP contribution < -0.4 is 4.90 Å². The predicted octanol–water partition coefficient (Wildman–Crippen LogP) is 3.17. The van der Waals surface area contributed by atoms with E-state index in [2.05, 4.69) is 14.9 Å². The van der Waals surface area contributed by atoms with Gasteiger partial charge in [0.15, 0.2) is 0 Å². The minimum Gasteiger partial charge on any atom is -0.469 e. The highest BCUT2D eigenvalue weighted by Gasteiger charge is 2.15. The fourth-order valence-corrected chi connectivity index (χ4v) is 2.63. The number of ether oxygens (including phenoxy) is 1. The van der Waals surface area contributed by atoms with Gasteiger partial charge < -0.3 is 9.64 Å². The standard InChI is InChI=1S/C20H19N3O3/c1-26-20(25)13-14-23(15-7-3-2-4-8-15)19(24)12-11-18-16-9-5-6-10-17(16)21-22-18/h2-12H,13-14H2,1H3,(H,21,22). The fourth-order valence-electron chi connectivity index (χ4n) is 2.63. The minimum absolute atomic E-state index is 0.121. The van der Waals surface area contributed by atoms with E-state index in [1.807, 2.05) is 54.6 Å². The molecule has 6 heteroatoms. The van der Waals surface area contributed by atoms with E-state index in [-0.39, 0.29) is 24.8 Å². The third kappa shape index (κ3) is 3.97. The molecule has 1 aromatic heterocycles. The Morgan fingerprint density at radius 2 is 1.85 bits per heavy atom. The largest absolute Gasteiger partial charge is 0.469 e. The molecule has 1 amide bonds. The van der Waals surface area contributed by atoms with Crippen molar-refractivity contribution in [1.29, 1.82) is 0 Å². The average Bonchev–Trinajstić information content (AvgIpc) is 3.10. The fraction of sp³-hybridized carbons (Fsp3) is 0.150. The minimum atomic E-state index is -0.360. The van der Waals surface area contributed by atoms with Crippen molar-refractivity contribution in [3.63, 3.8) is 0 Å². The Morgan fingerprint density at radius 3 is 2.62 bits per heavy atom. The number of para-hydroxylation sites is 2. The maximum Gasteiger partial charge on any atom is 0.307 e. The summed E-state index contributed by atoms with van der Waals surface area (Å²) in [5, 5.41) is 8.11. The van der Waals surface area contributed by atoms with Crippen LogP contribution in [-0.4, -0.2) is 35.7 Å². The monoisotopic (exact) mass is 349 g/mol. The van der Waals surface area contributed by atoms with Crippen LogP contribution in [0.3, 0.4) is 0 Å². The number of hydrogen-bond donors (Lipinski definition) is 1. The third-order valence-corrected chi connectivity index (χ3v) is 3.98. The van der Waals surface area contributed by atoms with E-state index in [1.54, 1.807) is 11.0 Å². The van der Waals surface area contributed by atoms with Gasteiger partial charge in [0, 0.05) is 23.7 Å². The molecule has 3 aromatic rings. The quantitative estimate of drug-likeness (QED) is 0.548. The van der Waals surface area contributed by atoms with E-state index in [9.17, 15) is 9.59 Å². The van der Waals surface area contributed by atoms with Crippen LogP contribution in [0.2, 0.25) is 0 Å². The molecular formula is C20H19N3O3. The molecule has 0 bridgehead atoms. The van der Waals surface area contributed by atoms with Crippen molar-refractivity contribution in [2.45, 2.75) is 6.42 Å². The molecule has 0 radical (unpaired) electrons. The summed E-state index contributed by atoms with van der Waals surface area (Å²) in [6.07, 6.45) is 3.26. The molecule has 0 aliphatic rings. The van der Waals surface area contributed by atoms with E-state index >= 15 is 0 Å². The van der Waals surface area contributed by atoms with E-state index in [0.29, 0.717) is 5.69 Å². The second-order valence-corrected chi connectivity index (χ2v) is 5.64. The first-order valence-corrected chi connectivity index (χ1v) is 8.23. The summed E-state index contributed by atoms with van der Waals surface area (Å²) < 4.78 is 4.67. The topological polar surface area (TPSA) is 75.3 Å². The second kappa shape index (κ2) is 8.11. The lowest BCUT2D eigenvalue weighted by molar-refractivity contribution is -0.140. The number of carbonyl (C=O) groups excluding carboxylic acids is 2. The molecule has 1 heterocycles. The first-order valence-electron chi connectivity index (χ1n) is 8.23. The Bertz CT molecular complexity index is 932. The number of methoxy groups -OCH3 is 1. The molecule has 3 rings (SSSR count). The van der Waals surface area contributed by atoms with Gasteiger partial charge in [-0.1, -0.05) is 36.4 Å². The van der Waals surface area contributed by atoms with Crippen molar-refractivity contribution < 1.29 is 14.3 Å². The molecule has 0 atom stereocenters. The Balaban J connectivity index is 1.81. The zero-order valence-corrected chi connectivity index (χ0v) is 14.4. The van der Waals surface area contributed by atoms with Crippen LogP contribution in [0.25, 0.3) is 17.0 Å². The van der Waals surface area contributed by atoms with Crippen LogP contribution in [0, 0.1) is 0 Å². The van der Waals surface area contributed by atoms with Gasteiger partial charge in [0.1, 0.15) is 0 Å². The predicted molar refractivity (Wildman–Crippen MR) is 101 cm³/mol. The Kier molecular flexibility index (Phi) is 5.43. The van der Waals surface area contributed by atoms with Crippen LogP contribution in [0.4, 0.5) is 5.69 Å². The van der Waals surface area contributed by atoms with E-state index < -0.39 is 0 Å². The van der Waals surface area contributed by atoms with Gasteiger partial charge in [-0.15, -0.1) is 0 Å². The number of fused-ring (bicyclic) bond motifs is 1. The number of benzene rings is 2. The van der Waals surface area contributed by atoms with Crippen molar-refractivity contribution in [1.82, 2.24) is 10.2 Å². The molecule has 0 saturated carbocycles. The summed E-state index contributed by atoms with van der Waals surface area (Å²) in [5.74, 6) is -0.590. The molecule has 0 unspecified atom stereocenters. The highest BCUT2D eigenvalue weighted by molar-refractivity contribution is 6.05. The average molecular weight is 349 g/mol. The molecule has 0 saturated heterocycles. The number of esters is 1. The van der Waals surface area contributed by atoms with E-state index in [0.717, 1.165) is 16.6 Å². The number of aromatic amines is 1. The van der Waals surface area contributed by atoms with Gasteiger partial charge in [0.2, 0.25) is 0 Å². The van der Waals surface area contributed by atoms with Crippen molar-refractivity contribution in [2.75, 3.05) is 18.6 Å². The summed E-state index contributed by atoms with van der Waals surface area (Å²) in [7, 11) is 1.33. The number of amides is 1. The van der Waals surface area contributed by atoms with Crippen LogP contribution in [-0.2, 0) is 14.3 Å². The molecule has 0 aliphatic heterocycles. The summed E-state index contributed by atoms with van der Waals surface area (Å²) in [5.41, 5.74) is 2.32. The Morgan fingerprint density at radius 1 is 1.12 bits per heavy atom. The number of carbonyl (C=O) groups is 2. The van der Waals surface area contributed by atoms with Crippen molar-refractivity contribution >= 4 is 34.5 Å². The molecule has 0 aliphatic carbocycles. The highest BCUT2D eigenvalue weighted by atomic mass is 16.5. The Labute approximate surface area is 151 Å². The van der Waals surface area contributed by atoms with Crippen molar-refractivity contribution in [3.05, 3.63) is 66.4 Å². The number of aromatic nitrogens is 2. The van der Waals surface area contributed by atoms with Gasteiger partial charge in [-0.3, -0.25) is 14.7 Å². The number of anilines is 1. The van der Waals surface area contributed by atoms with E-state index in [4.69, 9.17) is 0 Å². The van der Waals surface area contributed by atoms with Gasteiger partial charge in [-0.05, 0) is 24.3 Å².